The van der Waals surface area contributed by atoms with Crippen LogP contribution in [0, 0.1) is 0 Å². The van der Waals surface area contributed by atoms with E-state index in [2.05, 4.69) is 39.5 Å². The van der Waals surface area contributed by atoms with Crippen molar-refractivity contribution in [1.82, 2.24) is 4.90 Å². The van der Waals surface area contributed by atoms with Gasteiger partial charge in [0.1, 0.15) is 0 Å². The molecule has 0 aliphatic heterocycles. The van der Waals surface area contributed by atoms with E-state index in [9.17, 15) is 0 Å². The third-order valence-electron chi connectivity index (χ3n) is 3.28. The Kier molecular flexibility index (Phi) is 8.04. The second-order valence-corrected chi connectivity index (χ2v) is 5.74. The van der Waals surface area contributed by atoms with Gasteiger partial charge in [-0.2, -0.15) is 0 Å². The van der Waals surface area contributed by atoms with Gasteiger partial charge in [-0.15, -0.1) is 0 Å². The Morgan fingerprint density at radius 2 is 1.69 bits per heavy atom. The van der Waals surface area contributed by atoms with Crippen molar-refractivity contribution < 1.29 is 0 Å². The van der Waals surface area contributed by atoms with Gasteiger partial charge in [0.2, 0.25) is 0 Å². The molecule has 0 radical (unpaired) electrons. The average molecular weight is 228 g/mol. The van der Waals surface area contributed by atoms with E-state index in [1.165, 1.54) is 38.8 Å². The highest BCUT2D eigenvalue weighted by Crippen LogP contribution is 2.11. The molecule has 0 aromatic heterocycles. The first kappa shape index (κ1) is 15.9. The Bertz CT molecular complexity index is 161. The zero-order valence-electron chi connectivity index (χ0n) is 12.1. The average Bonchev–Trinajstić information content (AvgIpc) is 2.20. The summed E-state index contributed by atoms with van der Waals surface area (Å²) < 4.78 is 0. The number of nitrogens with zero attached hydrogens (tertiary/aromatic N) is 1. The Balaban J connectivity index is 3.91. The Hall–Kier alpha value is -0.0800. The first-order chi connectivity index (χ1) is 7.40. The molecule has 16 heavy (non-hydrogen) atoms. The third kappa shape index (κ3) is 8.12. The lowest BCUT2D eigenvalue weighted by Crippen LogP contribution is -2.37. The number of nitrogens with two attached hydrogens (primary N) is 1. The first-order valence-corrected chi connectivity index (χ1v) is 6.93. The fraction of sp³-hybridized carbons (Fsp3) is 1.00. The maximum Gasteiger partial charge on any atom is 0.00975 e. The molecule has 0 aliphatic carbocycles. The molecule has 2 heteroatoms. The van der Waals surface area contributed by atoms with Crippen LogP contribution in [0.15, 0.2) is 0 Å². The summed E-state index contributed by atoms with van der Waals surface area (Å²) in [6.45, 7) is 13.6. The van der Waals surface area contributed by atoms with Gasteiger partial charge in [-0.3, -0.25) is 0 Å². The van der Waals surface area contributed by atoms with Gasteiger partial charge >= 0.3 is 0 Å². The van der Waals surface area contributed by atoms with Crippen LogP contribution in [0.3, 0.4) is 0 Å². The lowest BCUT2D eigenvalue weighted by Gasteiger charge is -2.29. The van der Waals surface area contributed by atoms with Crippen LogP contribution in [0.5, 0.6) is 0 Å². The van der Waals surface area contributed by atoms with Crippen LogP contribution < -0.4 is 5.73 Å². The predicted octanol–water partition coefficient (Wildman–Crippen LogP) is 3.40. The molecule has 0 amide bonds. The summed E-state index contributed by atoms with van der Waals surface area (Å²) in [5.41, 5.74) is 6.00. The molecule has 0 fully saturated rings. The van der Waals surface area contributed by atoms with E-state index >= 15 is 0 Å². The van der Waals surface area contributed by atoms with Gasteiger partial charge in [-0.25, -0.2) is 0 Å². The van der Waals surface area contributed by atoms with E-state index < -0.39 is 0 Å². The van der Waals surface area contributed by atoms with Gasteiger partial charge in [-0.05, 0) is 59.5 Å². The molecule has 0 heterocycles. The van der Waals surface area contributed by atoms with Gasteiger partial charge in [0, 0.05) is 11.6 Å². The molecular formula is C14H32N2. The minimum Gasteiger partial charge on any atom is -0.326 e. The van der Waals surface area contributed by atoms with Crippen LogP contribution >= 0.6 is 0 Å². The Labute approximate surface area is 103 Å². The minimum absolute atomic E-state index is 0.00806. The summed E-state index contributed by atoms with van der Waals surface area (Å²) in [7, 11) is 0. The van der Waals surface area contributed by atoms with E-state index in [0.29, 0.717) is 6.04 Å². The Morgan fingerprint density at radius 1 is 1.12 bits per heavy atom. The maximum atomic E-state index is 6.01. The van der Waals surface area contributed by atoms with Crippen molar-refractivity contribution in [2.75, 3.05) is 13.1 Å². The molecule has 0 rings (SSSR count). The van der Waals surface area contributed by atoms with Crippen molar-refractivity contribution in [3.05, 3.63) is 0 Å². The van der Waals surface area contributed by atoms with E-state index in [4.69, 9.17) is 5.73 Å². The van der Waals surface area contributed by atoms with Crippen LogP contribution in [0.1, 0.15) is 66.7 Å². The van der Waals surface area contributed by atoms with Gasteiger partial charge in [0.15, 0.2) is 0 Å². The molecule has 1 atom stereocenters. The highest BCUT2D eigenvalue weighted by atomic mass is 15.1. The summed E-state index contributed by atoms with van der Waals surface area (Å²) in [4.78, 5) is 2.62. The van der Waals surface area contributed by atoms with E-state index in [-0.39, 0.29) is 5.54 Å². The van der Waals surface area contributed by atoms with Gasteiger partial charge in [0.05, 0.1) is 0 Å². The fourth-order valence-corrected chi connectivity index (χ4v) is 1.91. The van der Waals surface area contributed by atoms with Crippen molar-refractivity contribution >= 4 is 0 Å². The SMILES string of the molecule is CCCCN(CCCC(C)(C)N)C(C)CC. The minimum atomic E-state index is -0.00806. The molecule has 0 saturated heterocycles. The van der Waals surface area contributed by atoms with Gasteiger partial charge < -0.3 is 10.6 Å². The van der Waals surface area contributed by atoms with Gasteiger partial charge in [-0.1, -0.05) is 20.3 Å². The van der Waals surface area contributed by atoms with Gasteiger partial charge in [0.25, 0.3) is 0 Å². The predicted molar refractivity (Wildman–Crippen MR) is 73.7 cm³/mol. The molecular weight excluding hydrogens is 196 g/mol. The number of unbranched alkanes of at least 4 members (excludes halogenated alkanes) is 1. The summed E-state index contributed by atoms with van der Waals surface area (Å²) in [6, 6.07) is 0.715. The van der Waals surface area contributed by atoms with Crippen LogP contribution in [0.2, 0.25) is 0 Å². The maximum absolute atomic E-state index is 6.01. The number of hydrogen-bond acceptors (Lipinski definition) is 2. The molecule has 2 N–H and O–H groups in total. The molecule has 0 aromatic carbocycles. The summed E-state index contributed by atoms with van der Waals surface area (Å²) in [6.07, 6.45) is 6.19. The lowest BCUT2D eigenvalue weighted by atomic mass is 9.99. The molecule has 0 spiro atoms. The van der Waals surface area contributed by atoms with E-state index in [1.54, 1.807) is 0 Å². The topological polar surface area (TPSA) is 29.3 Å². The zero-order chi connectivity index (χ0) is 12.6. The van der Waals surface area contributed by atoms with Crippen molar-refractivity contribution in [3.63, 3.8) is 0 Å². The molecule has 0 bridgehead atoms. The first-order valence-electron chi connectivity index (χ1n) is 6.93. The standard InChI is InChI=1S/C14H32N2/c1-6-8-11-16(13(3)7-2)12-9-10-14(4,5)15/h13H,6-12,15H2,1-5H3. The van der Waals surface area contributed by atoms with E-state index in [1.807, 2.05) is 0 Å². The summed E-state index contributed by atoms with van der Waals surface area (Å²) >= 11 is 0. The van der Waals surface area contributed by atoms with Crippen LogP contribution in [-0.4, -0.2) is 29.6 Å². The van der Waals surface area contributed by atoms with Crippen molar-refractivity contribution in [2.45, 2.75) is 78.3 Å². The van der Waals surface area contributed by atoms with Crippen molar-refractivity contribution in [1.29, 1.82) is 0 Å². The second-order valence-electron chi connectivity index (χ2n) is 5.74. The highest BCUT2D eigenvalue weighted by Gasteiger charge is 2.14. The molecule has 0 aromatic rings. The Morgan fingerprint density at radius 3 is 2.12 bits per heavy atom. The highest BCUT2D eigenvalue weighted by molar-refractivity contribution is 4.73. The molecule has 2 nitrogen and oxygen atoms in total. The molecule has 1 unspecified atom stereocenters. The quantitative estimate of drug-likeness (QED) is 0.655. The second kappa shape index (κ2) is 8.08. The lowest BCUT2D eigenvalue weighted by molar-refractivity contribution is 0.192. The smallest absolute Gasteiger partial charge is 0.00975 e. The monoisotopic (exact) mass is 228 g/mol. The fourth-order valence-electron chi connectivity index (χ4n) is 1.91. The molecule has 98 valence electrons. The largest absolute Gasteiger partial charge is 0.326 e. The number of rotatable bonds is 9. The van der Waals surface area contributed by atoms with Crippen LogP contribution in [-0.2, 0) is 0 Å². The molecule has 0 saturated carbocycles. The van der Waals surface area contributed by atoms with Crippen LogP contribution in [0.25, 0.3) is 0 Å². The third-order valence-corrected chi connectivity index (χ3v) is 3.28. The van der Waals surface area contributed by atoms with Crippen molar-refractivity contribution in [2.24, 2.45) is 5.73 Å². The van der Waals surface area contributed by atoms with E-state index in [0.717, 1.165) is 6.42 Å². The summed E-state index contributed by atoms with van der Waals surface area (Å²) in [5.74, 6) is 0. The molecule has 0 aliphatic rings. The number of hydrogen-bond donors (Lipinski definition) is 1. The van der Waals surface area contributed by atoms with Crippen molar-refractivity contribution in [3.8, 4) is 0 Å². The zero-order valence-corrected chi connectivity index (χ0v) is 12.1. The normalized spacial score (nSPS) is 14.4. The van der Waals surface area contributed by atoms with Crippen LogP contribution in [0.4, 0.5) is 0 Å². The summed E-state index contributed by atoms with van der Waals surface area (Å²) in [5, 5.41) is 0.